The van der Waals surface area contributed by atoms with Gasteiger partial charge in [-0.25, -0.2) is 9.18 Å². The minimum atomic E-state index is -8.87. The van der Waals surface area contributed by atoms with Gasteiger partial charge in [0.15, 0.2) is 0 Å². The van der Waals surface area contributed by atoms with Gasteiger partial charge in [0.05, 0.1) is 0 Å². The normalized spacial score (nSPS) is 16.7. The number of allylic oxidation sites excluding steroid dienone is 2. The molecule has 190 valence electrons. The third kappa shape index (κ3) is 3.69. The first kappa shape index (κ1) is 29.9. The molecule has 0 aliphatic rings. The lowest BCUT2D eigenvalue weighted by Crippen LogP contribution is -2.73. The summed E-state index contributed by atoms with van der Waals surface area (Å²) in [6, 6.07) is 0. The predicted octanol–water partition coefficient (Wildman–Crippen LogP) is 6.23. The summed E-state index contributed by atoms with van der Waals surface area (Å²) in [5.74, 6) is -73.7. The number of alkyl halides is 17. The van der Waals surface area contributed by atoms with Gasteiger partial charge in [0, 0.05) is 0 Å². The van der Waals surface area contributed by atoms with Crippen LogP contribution in [0.2, 0.25) is 0 Å². The summed E-state index contributed by atoms with van der Waals surface area (Å²) in [4.78, 5) is 9.84. The molecule has 2 nitrogen and oxygen atoms in total. The van der Waals surface area contributed by atoms with Crippen LogP contribution in [-0.2, 0) is 4.79 Å². The fraction of sp³-hybridized carbons (Fsp3) is 0.727. The molecule has 0 fully saturated rings. The maximum absolute atomic E-state index is 13.2. The van der Waals surface area contributed by atoms with Gasteiger partial charge in [-0.2, -0.15) is 79.0 Å². The molecule has 0 saturated heterocycles. The third-order valence-corrected chi connectivity index (χ3v) is 3.35. The monoisotopic (exact) mass is 526 g/mol. The molecule has 0 spiro atoms. The molecule has 0 aromatic heterocycles. The molecule has 0 rings (SSSR count). The second kappa shape index (κ2) is 7.45. The standard InChI is InChI=1S/C11HF19O2/c12-1(2(13)6(18,19)20)4(14,15)7(21,22)9(25,26)11(29,30)10(27,28)8(23,24)5(16,17)3(31)32/h(H,31,32)/b2-1+. The number of hydrogen-bond donors (Lipinski definition) is 1. The summed E-state index contributed by atoms with van der Waals surface area (Å²) < 4.78 is 243. The van der Waals surface area contributed by atoms with Crippen molar-refractivity contribution in [2.24, 2.45) is 0 Å². The fourth-order valence-electron chi connectivity index (χ4n) is 1.52. The molecule has 0 atom stereocenters. The van der Waals surface area contributed by atoms with Gasteiger partial charge in [-0.15, -0.1) is 0 Å². The summed E-state index contributed by atoms with van der Waals surface area (Å²) in [5, 5.41) is 7.64. The number of halogens is 19. The molecule has 32 heavy (non-hydrogen) atoms. The van der Waals surface area contributed by atoms with E-state index in [0.29, 0.717) is 0 Å². The van der Waals surface area contributed by atoms with Gasteiger partial charge in [-0.3, -0.25) is 0 Å². The number of aliphatic carboxylic acids is 1. The lowest BCUT2D eigenvalue weighted by molar-refractivity contribution is -0.436. The SMILES string of the molecule is O=C(O)C(F)(F)C(F)(F)C(F)(F)C(F)(F)C(F)(F)C(F)(F)C(F)(F)/C(F)=C(\F)C(F)(F)F. The maximum Gasteiger partial charge on any atom is 0.445 e. The third-order valence-electron chi connectivity index (χ3n) is 3.35. The van der Waals surface area contributed by atoms with E-state index in [9.17, 15) is 88.2 Å². The van der Waals surface area contributed by atoms with Crippen LogP contribution in [0.5, 0.6) is 0 Å². The summed E-state index contributed by atoms with van der Waals surface area (Å²) in [5.41, 5.74) is 0. The highest BCUT2D eigenvalue weighted by Crippen LogP contribution is 2.63. The van der Waals surface area contributed by atoms with Crippen molar-refractivity contribution in [2.75, 3.05) is 0 Å². The molecule has 0 heterocycles. The van der Waals surface area contributed by atoms with E-state index in [2.05, 4.69) is 0 Å². The van der Waals surface area contributed by atoms with Crippen LogP contribution in [-0.4, -0.2) is 58.7 Å². The number of hydrogen-bond acceptors (Lipinski definition) is 1. The minimum absolute atomic E-state index is 4.44. The van der Waals surface area contributed by atoms with Crippen LogP contribution in [0.15, 0.2) is 11.7 Å². The summed E-state index contributed by atoms with van der Waals surface area (Å²) in [7, 11) is 0. The Kier molecular flexibility index (Phi) is 6.96. The Morgan fingerprint density at radius 1 is 0.438 bits per heavy atom. The van der Waals surface area contributed by atoms with Gasteiger partial charge < -0.3 is 5.11 Å². The Morgan fingerprint density at radius 3 is 0.938 bits per heavy atom. The van der Waals surface area contributed by atoms with E-state index in [1.54, 1.807) is 0 Å². The largest absolute Gasteiger partial charge is 0.477 e. The van der Waals surface area contributed by atoms with Crippen molar-refractivity contribution >= 4 is 5.97 Å². The topological polar surface area (TPSA) is 37.3 Å². The van der Waals surface area contributed by atoms with Crippen LogP contribution in [0.1, 0.15) is 0 Å². The Hall–Kier alpha value is -2.12. The van der Waals surface area contributed by atoms with Gasteiger partial charge in [-0.05, 0) is 0 Å². The zero-order valence-corrected chi connectivity index (χ0v) is 13.5. The zero-order valence-electron chi connectivity index (χ0n) is 13.5. The molecular weight excluding hydrogens is 525 g/mol. The molecule has 0 aliphatic carbocycles. The minimum Gasteiger partial charge on any atom is -0.477 e. The number of carboxylic acids is 1. The summed E-state index contributed by atoms with van der Waals surface area (Å²) in [6.45, 7) is 0. The van der Waals surface area contributed by atoms with E-state index in [0.717, 1.165) is 0 Å². The number of carboxylic acid groups (broad SMARTS) is 1. The second-order valence-corrected chi connectivity index (χ2v) is 5.45. The first-order chi connectivity index (χ1) is 13.5. The van der Waals surface area contributed by atoms with Crippen LogP contribution < -0.4 is 0 Å². The lowest BCUT2D eigenvalue weighted by atomic mass is 9.88. The first-order valence-electron chi connectivity index (χ1n) is 6.52. The van der Waals surface area contributed by atoms with Crippen molar-refractivity contribution in [1.82, 2.24) is 0 Å². The number of carbonyl (C=O) groups is 1. The smallest absolute Gasteiger partial charge is 0.445 e. The van der Waals surface area contributed by atoms with Crippen molar-refractivity contribution in [1.29, 1.82) is 0 Å². The average molecular weight is 526 g/mol. The molecule has 0 radical (unpaired) electrons. The van der Waals surface area contributed by atoms with Gasteiger partial charge in [0.2, 0.25) is 11.7 Å². The van der Waals surface area contributed by atoms with Crippen LogP contribution in [0.4, 0.5) is 83.4 Å². The fourth-order valence-corrected chi connectivity index (χ4v) is 1.52. The first-order valence-corrected chi connectivity index (χ1v) is 6.52. The van der Waals surface area contributed by atoms with Gasteiger partial charge in [0.25, 0.3) is 0 Å². The second-order valence-electron chi connectivity index (χ2n) is 5.45. The van der Waals surface area contributed by atoms with Crippen LogP contribution in [0, 0.1) is 0 Å². The van der Waals surface area contributed by atoms with Crippen LogP contribution >= 0.6 is 0 Å². The summed E-state index contributed by atoms with van der Waals surface area (Å²) >= 11 is 0. The Balaban J connectivity index is 6.98. The molecule has 21 heteroatoms. The van der Waals surface area contributed by atoms with Crippen molar-refractivity contribution in [2.45, 2.75) is 47.6 Å². The Bertz CT molecular complexity index is 773. The predicted molar refractivity (Wildman–Crippen MR) is 57.6 cm³/mol. The van der Waals surface area contributed by atoms with Gasteiger partial charge in [0.1, 0.15) is 0 Å². The maximum atomic E-state index is 13.2. The highest BCUT2D eigenvalue weighted by molar-refractivity contribution is 5.77. The van der Waals surface area contributed by atoms with Gasteiger partial charge in [-0.1, -0.05) is 0 Å². The quantitative estimate of drug-likeness (QED) is 0.381. The summed E-state index contributed by atoms with van der Waals surface area (Å²) in [6.07, 6.45) is -7.03. The Morgan fingerprint density at radius 2 is 0.688 bits per heavy atom. The van der Waals surface area contributed by atoms with E-state index in [1.165, 1.54) is 0 Å². The molecule has 0 unspecified atom stereocenters. The number of rotatable bonds is 8. The molecule has 1 N–H and O–H groups in total. The highest BCUT2D eigenvalue weighted by Gasteiger charge is 2.94. The molecule has 0 aromatic rings. The molecule has 0 aliphatic heterocycles. The van der Waals surface area contributed by atoms with Crippen LogP contribution in [0.3, 0.4) is 0 Å². The molecular formula is C11HF19O2. The van der Waals surface area contributed by atoms with E-state index in [1.807, 2.05) is 0 Å². The van der Waals surface area contributed by atoms with E-state index in [-0.39, 0.29) is 0 Å². The molecule has 0 bridgehead atoms. The van der Waals surface area contributed by atoms with Crippen molar-refractivity contribution in [3.8, 4) is 0 Å². The molecule has 0 amide bonds. The average Bonchev–Trinajstić information content (AvgIpc) is 2.58. The van der Waals surface area contributed by atoms with Crippen molar-refractivity contribution < 1.29 is 93.3 Å². The highest BCUT2D eigenvalue weighted by atomic mass is 19.4. The van der Waals surface area contributed by atoms with E-state index < -0.39 is 65.3 Å². The zero-order chi connectivity index (χ0) is 26.7. The van der Waals surface area contributed by atoms with E-state index >= 15 is 0 Å². The van der Waals surface area contributed by atoms with Crippen molar-refractivity contribution in [3.05, 3.63) is 11.7 Å². The van der Waals surface area contributed by atoms with Crippen LogP contribution in [0.25, 0.3) is 0 Å². The van der Waals surface area contributed by atoms with E-state index in [4.69, 9.17) is 5.11 Å². The van der Waals surface area contributed by atoms with Crippen molar-refractivity contribution in [3.63, 3.8) is 0 Å². The molecule has 0 aromatic carbocycles. The lowest BCUT2D eigenvalue weighted by Gasteiger charge is -2.41. The molecule has 0 saturated carbocycles. The Labute approximate surface area is 160 Å². The van der Waals surface area contributed by atoms with Gasteiger partial charge >= 0.3 is 53.6 Å².